The molecule has 0 unspecified atom stereocenters. The zero-order valence-electron chi connectivity index (χ0n) is 35.4. The van der Waals surface area contributed by atoms with Crippen molar-refractivity contribution in [1.29, 1.82) is 10.5 Å². The lowest BCUT2D eigenvalue weighted by atomic mass is 10.1. The van der Waals surface area contributed by atoms with E-state index < -0.39 is 0 Å². The third-order valence-corrected chi connectivity index (χ3v) is 12.1. The maximum atomic E-state index is 12.8. The van der Waals surface area contributed by atoms with Crippen molar-refractivity contribution in [1.82, 2.24) is 14.8 Å². The number of aliphatic imine (C=N–C) groups is 1. The summed E-state index contributed by atoms with van der Waals surface area (Å²) >= 11 is 8.87. The molecule has 15 heteroatoms. The van der Waals surface area contributed by atoms with Crippen LogP contribution in [0.3, 0.4) is 0 Å². The number of thiocarbonyl (C=S) groups is 1. The highest BCUT2D eigenvalue weighted by atomic mass is 79.9. The standard InChI is InChI=1S/C24H26N6OS.C14H19N3S.C9H6BrNO/c1-16(2)29-10-12-30(13-11-29)20-8-6-19(7-9-20)27-24-28-23(26)22(32-24)21(31)18-5-3-4-17(14-18)15-25;1-12(2)16-7-9-17(10-8-16)14-5-3-13(4-6-14)15-11-18;10-5-9(12)8-3-1-2-7(4-8)6-11/h3-9,14,16H,10-13,26H2,1-2H3,(H,27,28);3-6,12H,7-10H2,1-2H3;1-4H,5H2. The van der Waals surface area contributed by atoms with Gasteiger partial charge in [-0.05, 0) is 113 Å². The number of aromatic nitrogens is 1. The number of nitrogens with one attached hydrogen (secondary N) is 1. The summed E-state index contributed by atoms with van der Waals surface area (Å²) in [6.07, 6.45) is 0. The van der Waals surface area contributed by atoms with Crippen LogP contribution in [-0.4, -0.2) is 101 Å². The Balaban J connectivity index is 0.000000202. The third kappa shape index (κ3) is 13.4. The van der Waals surface area contributed by atoms with E-state index in [0.717, 1.165) is 63.7 Å². The topological polar surface area (TPSA) is 158 Å². The smallest absolute Gasteiger partial charge is 0.206 e. The maximum Gasteiger partial charge on any atom is 0.206 e. The zero-order chi connectivity index (χ0) is 44.6. The number of hydrogen-bond donors (Lipinski definition) is 2. The minimum atomic E-state index is -0.235. The van der Waals surface area contributed by atoms with Crippen molar-refractivity contribution >= 4 is 89.9 Å². The Morgan fingerprint density at radius 3 is 1.73 bits per heavy atom. The zero-order valence-corrected chi connectivity index (χ0v) is 38.6. The van der Waals surface area contributed by atoms with Gasteiger partial charge in [-0.2, -0.15) is 15.5 Å². The van der Waals surface area contributed by atoms with Crippen LogP contribution >= 0.6 is 39.5 Å². The Hall–Kier alpha value is -5.77. The Morgan fingerprint density at radius 1 is 0.774 bits per heavy atom. The second kappa shape index (κ2) is 23.4. The van der Waals surface area contributed by atoms with Crippen molar-refractivity contribution in [3.05, 3.63) is 124 Å². The molecule has 0 aliphatic carbocycles. The monoisotopic (exact) mass is 930 g/mol. The number of carbonyl (C=O) groups excluding carboxylic acids is 2. The van der Waals surface area contributed by atoms with Gasteiger partial charge in [0.2, 0.25) is 5.78 Å². The summed E-state index contributed by atoms with van der Waals surface area (Å²) in [5.74, 6) is -0.0577. The van der Waals surface area contributed by atoms with Crippen molar-refractivity contribution in [2.24, 2.45) is 4.99 Å². The summed E-state index contributed by atoms with van der Waals surface area (Å²) < 4.78 is 0. The van der Waals surface area contributed by atoms with E-state index in [0.29, 0.717) is 49.7 Å². The second-order valence-corrected chi connectivity index (χ2v) is 16.9. The van der Waals surface area contributed by atoms with Crippen LogP contribution in [0.15, 0.2) is 102 Å². The fourth-order valence-corrected chi connectivity index (χ4v) is 8.21. The molecule has 5 aromatic rings. The number of rotatable bonds is 11. The number of carbonyl (C=O) groups is 2. The highest BCUT2D eigenvalue weighted by molar-refractivity contribution is 9.09. The average molecular weight is 932 g/mol. The van der Waals surface area contributed by atoms with Gasteiger partial charge in [-0.3, -0.25) is 19.4 Å². The highest BCUT2D eigenvalue weighted by Crippen LogP contribution is 2.31. The molecule has 2 saturated heterocycles. The van der Waals surface area contributed by atoms with Crippen LogP contribution in [0.2, 0.25) is 0 Å². The predicted octanol–water partition coefficient (Wildman–Crippen LogP) is 9.19. The number of hydrogen-bond acceptors (Lipinski definition) is 14. The van der Waals surface area contributed by atoms with Crippen molar-refractivity contribution in [3.63, 3.8) is 0 Å². The van der Waals surface area contributed by atoms with E-state index in [1.54, 1.807) is 48.5 Å². The van der Waals surface area contributed by atoms with Crippen molar-refractivity contribution in [2.45, 2.75) is 39.8 Å². The van der Waals surface area contributed by atoms with Crippen molar-refractivity contribution in [3.8, 4) is 12.1 Å². The molecular formula is C47H51BrN10O2S2. The molecule has 0 spiro atoms. The molecule has 0 saturated carbocycles. The fraction of sp³-hybridized carbons (Fsp3) is 0.319. The molecule has 0 atom stereocenters. The quantitative estimate of drug-likeness (QED) is 0.0561. The van der Waals surface area contributed by atoms with Gasteiger partial charge in [0.1, 0.15) is 10.7 Å². The summed E-state index contributed by atoms with van der Waals surface area (Å²) in [6.45, 7) is 17.6. The molecule has 62 heavy (non-hydrogen) atoms. The maximum absolute atomic E-state index is 12.8. The molecule has 2 fully saturated rings. The number of thiazole rings is 1. The summed E-state index contributed by atoms with van der Waals surface area (Å²) in [4.78, 5) is 42.4. The van der Waals surface area contributed by atoms with Gasteiger partial charge in [-0.1, -0.05) is 51.5 Å². The Bertz CT molecular complexity index is 2400. The third-order valence-electron chi connectivity index (χ3n) is 10.5. The van der Waals surface area contributed by atoms with E-state index in [2.05, 4.69) is 120 Å². The van der Waals surface area contributed by atoms with Gasteiger partial charge in [0.25, 0.3) is 0 Å². The SMILES string of the molecule is CC(C)N1CCN(c2ccc(N=C=S)cc2)CC1.CC(C)N1CCN(c2ccc(Nc3nc(N)c(C(=O)c4cccc(C#N)c4)s3)cc2)CC1.N#Cc1cccc(C(=O)CBr)c1. The first kappa shape index (κ1) is 47.3. The molecule has 0 amide bonds. The van der Waals surface area contributed by atoms with Crippen LogP contribution in [0.5, 0.6) is 0 Å². The number of ketones is 2. The molecule has 2 aliphatic rings. The first-order valence-corrected chi connectivity index (χ1v) is 22.7. The van der Waals surface area contributed by atoms with Crippen LogP contribution in [-0.2, 0) is 0 Å². The van der Waals surface area contributed by atoms with E-state index >= 15 is 0 Å². The van der Waals surface area contributed by atoms with E-state index in [1.165, 1.54) is 22.7 Å². The number of nitrogen functional groups attached to an aromatic ring is 1. The van der Waals surface area contributed by atoms with Crippen LogP contribution < -0.4 is 20.9 Å². The molecule has 0 radical (unpaired) electrons. The van der Waals surface area contributed by atoms with Gasteiger partial charge in [-0.25, -0.2) is 4.98 Å². The Morgan fingerprint density at radius 2 is 1.26 bits per heavy atom. The van der Waals surface area contributed by atoms with Crippen LogP contribution in [0.25, 0.3) is 0 Å². The predicted molar refractivity (Wildman–Crippen MR) is 259 cm³/mol. The molecule has 1 aromatic heterocycles. The first-order valence-electron chi connectivity index (χ1n) is 20.4. The molecule has 4 aromatic carbocycles. The number of anilines is 5. The summed E-state index contributed by atoms with van der Waals surface area (Å²) in [5, 5.41) is 24.1. The number of nitrogens with zero attached hydrogens (tertiary/aromatic N) is 8. The van der Waals surface area contributed by atoms with Gasteiger partial charge >= 0.3 is 0 Å². The number of isothiocyanates is 1. The van der Waals surface area contributed by atoms with E-state index in [-0.39, 0.29) is 17.4 Å². The minimum absolute atomic E-state index is 0.00731. The molecule has 12 nitrogen and oxygen atoms in total. The minimum Gasteiger partial charge on any atom is -0.382 e. The number of piperazine rings is 2. The van der Waals surface area contributed by atoms with Gasteiger partial charge < -0.3 is 20.9 Å². The van der Waals surface area contributed by atoms with Crippen LogP contribution in [0, 0.1) is 22.7 Å². The lowest BCUT2D eigenvalue weighted by Crippen LogP contribution is -2.48. The fourth-order valence-electron chi connectivity index (χ4n) is 6.91. The van der Waals surface area contributed by atoms with Gasteiger partial charge in [-0.15, -0.1) is 0 Å². The van der Waals surface area contributed by atoms with E-state index in [4.69, 9.17) is 16.3 Å². The molecule has 320 valence electrons. The normalized spacial score (nSPS) is 14.0. The van der Waals surface area contributed by atoms with Gasteiger partial charge in [0, 0.05) is 92.6 Å². The van der Waals surface area contributed by atoms with Crippen molar-refractivity contribution in [2.75, 3.05) is 78.5 Å². The van der Waals surface area contributed by atoms with Crippen LogP contribution in [0.4, 0.5) is 33.7 Å². The molecule has 0 bridgehead atoms. The molecular weight excluding hydrogens is 881 g/mol. The number of nitrogens with two attached hydrogens (primary N) is 1. The van der Waals surface area contributed by atoms with Crippen LogP contribution in [0.1, 0.15) is 64.4 Å². The molecule has 7 rings (SSSR count). The Labute approximate surface area is 382 Å². The van der Waals surface area contributed by atoms with E-state index in [1.807, 2.05) is 36.4 Å². The molecule has 2 aliphatic heterocycles. The molecule has 3 heterocycles. The van der Waals surface area contributed by atoms with E-state index in [9.17, 15) is 9.59 Å². The number of benzene rings is 4. The number of Topliss-reactive ketones (excluding diaryl/α,β-unsaturated/α-hetero) is 1. The lowest BCUT2D eigenvalue weighted by molar-refractivity contribution is 0.102. The summed E-state index contributed by atoms with van der Waals surface area (Å²) in [6, 6.07) is 34.9. The summed E-state index contributed by atoms with van der Waals surface area (Å²) in [5.41, 5.74) is 12.2. The van der Waals surface area contributed by atoms with Gasteiger partial charge in [0.15, 0.2) is 10.9 Å². The molecule has 3 N–H and O–H groups in total. The number of alkyl halides is 1. The second-order valence-electron chi connectivity index (χ2n) is 15.1. The Kier molecular flexibility index (Phi) is 17.9. The highest BCUT2D eigenvalue weighted by Gasteiger charge is 2.21. The van der Waals surface area contributed by atoms with Crippen molar-refractivity contribution < 1.29 is 9.59 Å². The largest absolute Gasteiger partial charge is 0.382 e. The number of halogens is 1. The number of nitriles is 2. The summed E-state index contributed by atoms with van der Waals surface area (Å²) in [7, 11) is 0. The first-order chi connectivity index (χ1) is 29.9. The lowest BCUT2D eigenvalue weighted by Gasteiger charge is -2.38. The van der Waals surface area contributed by atoms with Gasteiger partial charge in [0.05, 0.1) is 39.4 Å². The average Bonchev–Trinajstić information content (AvgIpc) is 3.68.